The molecule has 0 radical (unpaired) electrons. The van der Waals surface area contributed by atoms with Crippen molar-refractivity contribution in [3.8, 4) is 0 Å². The van der Waals surface area contributed by atoms with Gasteiger partial charge in [-0.1, -0.05) is 11.6 Å². The number of nitrogens with zero attached hydrogens (tertiary/aromatic N) is 2. The van der Waals surface area contributed by atoms with Crippen LogP contribution in [-0.4, -0.2) is 14.5 Å². The minimum Gasteiger partial charge on any atom is -0.387 e. The van der Waals surface area contributed by atoms with E-state index >= 15 is 0 Å². The molecule has 0 bridgehead atoms. The van der Waals surface area contributed by atoms with Gasteiger partial charge in [0.05, 0.1) is 23.0 Å². The highest BCUT2D eigenvalue weighted by Gasteiger charge is 2.07. The molecule has 1 unspecified atom stereocenters. The van der Waals surface area contributed by atoms with Crippen LogP contribution in [0, 0.1) is 0 Å². The van der Waals surface area contributed by atoms with Gasteiger partial charge in [0.25, 0.3) is 0 Å². The van der Waals surface area contributed by atoms with Crippen molar-refractivity contribution >= 4 is 17.2 Å². The van der Waals surface area contributed by atoms with Crippen LogP contribution < -0.4 is 0 Å². The molecule has 68 valence electrons. The Balaban J connectivity index is 2.71. The van der Waals surface area contributed by atoms with Crippen LogP contribution in [-0.2, 0) is 0 Å². The minimum atomic E-state index is -0.534. The molecule has 0 aliphatic rings. The molecule has 4 heteroatoms. The molecule has 2 rings (SSSR count). The molecule has 0 spiro atoms. The Morgan fingerprint density at radius 3 is 3.00 bits per heavy atom. The van der Waals surface area contributed by atoms with Crippen LogP contribution in [0.2, 0.25) is 5.02 Å². The summed E-state index contributed by atoms with van der Waals surface area (Å²) in [5, 5.41) is 10.0. The number of aliphatic hydroxyl groups excluding tert-OH is 1. The molecular formula is C9H9ClN2O. The lowest BCUT2D eigenvalue weighted by Gasteiger charge is -2.03. The molecule has 0 aliphatic carbocycles. The van der Waals surface area contributed by atoms with Crippen LogP contribution in [0.5, 0.6) is 0 Å². The normalized spacial score (nSPS) is 13.5. The largest absolute Gasteiger partial charge is 0.387 e. The molecule has 0 fully saturated rings. The van der Waals surface area contributed by atoms with Gasteiger partial charge < -0.3 is 5.11 Å². The first-order valence-electron chi connectivity index (χ1n) is 3.99. The summed E-state index contributed by atoms with van der Waals surface area (Å²) < 4.78 is 1.78. The third kappa shape index (κ3) is 1.41. The van der Waals surface area contributed by atoms with Crippen molar-refractivity contribution in [1.29, 1.82) is 0 Å². The van der Waals surface area contributed by atoms with E-state index in [-0.39, 0.29) is 0 Å². The second-order valence-electron chi connectivity index (χ2n) is 2.93. The standard InChI is InChI=1S/C9H9ClN2O/c1-6(13)8-4-11-9-3-2-7(10)5-12(8)9/h2-6,13H,1H3. The predicted octanol–water partition coefficient (Wildman–Crippen LogP) is 2.04. The molecule has 0 aromatic carbocycles. The zero-order chi connectivity index (χ0) is 9.42. The zero-order valence-electron chi connectivity index (χ0n) is 7.11. The van der Waals surface area contributed by atoms with E-state index in [2.05, 4.69) is 4.98 Å². The molecule has 3 nitrogen and oxygen atoms in total. The van der Waals surface area contributed by atoms with Crippen molar-refractivity contribution in [2.75, 3.05) is 0 Å². The fourth-order valence-corrected chi connectivity index (χ4v) is 1.44. The smallest absolute Gasteiger partial charge is 0.137 e. The molecule has 0 saturated carbocycles. The Kier molecular flexibility index (Phi) is 1.98. The maximum Gasteiger partial charge on any atom is 0.137 e. The first-order valence-corrected chi connectivity index (χ1v) is 4.37. The lowest BCUT2D eigenvalue weighted by Crippen LogP contribution is -1.96. The number of halogens is 1. The van der Waals surface area contributed by atoms with E-state index in [4.69, 9.17) is 11.6 Å². The Bertz CT molecular complexity index is 436. The highest BCUT2D eigenvalue weighted by Crippen LogP contribution is 2.17. The minimum absolute atomic E-state index is 0.534. The van der Waals surface area contributed by atoms with Gasteiger partial charge in [0.1, 0.15) is 5.65 Å². The molecule has 0 aliphatic heterocycles. The fourth-order valence-electron chi connectivity index (χ4n) is 1.28. The number of imidazole rings is 1. The van der Waals surface area contributed by atoms with E-state index in [0.29, 0.717) is 5.02 Å². The van der Waals surface area contributed by atoms with E-state index in [0.717, 1.165) is 11.3 Å². The predicted molar refractivity (Wildman–Crippen MR) is 50.8 cm³/mol. The number of aromatic nitrogens is 2. The van der Waals surface area contributed by atoms with Gasteiger partial charge in [-0.3, -0.25) is 4.40 Å². The summed E-state index contributed by atoms with van der Waals surface area (Å²) in [6.45, 7) is 1.70. The highest BCUT2D eigenvalue weighted by atomic mass is 35.5. The first-order chi connectivity index (χ1) is 6.18. The number of rotatable bonds is 1. The summed E-state index contributed by atoms with van der Waals surface area (Å²) >= 11 is 5.82. The number of aliphatic hydroxyl groups is 1. The van der Waals surface area contributed by atoms with Gasteiger partial charge >= 0.3 is 0 Å². The second kappa shape index (κ2) is 3.01. The number of pyridine rings is 1. The van der Waals surface area contributed by atoms with Crippen LogP contribution >= 0.6 is 11.6 Å². The molecule has 2 aromatic heterocycles. The van der Waals surface area contributed by atoms with Gasteiger partial charge in [-0.15, -0.1) is 0 Å². The van der Waals surface area contributed by atoms with Crippen LogP contribution in [0.1, 0.15) is 18.7 Å². The van der Waals surface area contributed by atoms with Crippen LogP contribution in [0.25, 0.3) is 5.65 Å². The lowest BCUT2D eigenvalue weighted by molar-refractivity contribution is 0.193. The van der Waals surface area contributed by atoms with Gasteiger partial charge in [-0.25, -0.2) is 4.98 Å². The topological polar surface area (TPSA) is 37.5 Å². The highest BCUT2D eigenvalue weighted by molar-refractivity contribution is 6.30. The maximum atomic E-state index is 9.40. The quantitative estimate of drug-likeness (QED) is 0.758. The zero-order valence-corrected chi connectivity index (χ0v) is 7.86. The summed E-state index contributed by atoms with van der Waals surface area (Å²) in [6.07, 6.45) is 2.86. The summed E-state index contributed by atoms with van der Waals surface area (Å²) in [6, 6.07) is 3.59. The van der Waals surface area contributed by atoms with Crippen molar-refractivity contribution in [1.82, 2.24) is 9.38 Å². The third-order valence-electron chi connectivity index (χ3n) is 1.93. The molecule has 1 N–H and O–H groups in total. The van der Waals surface area contributed by atoms with Crippen molar-refractivity contribution in [3.63, 3.8) is 0 Å². The fraction of sp³-hybridized carbons (Fsp3) is 0.222. The van der Waals surface area contributed by atoms with E-state index in [9.17, 15) is 5.11 Å². The first kappa shape index (κ1) is 8.53. The molecule has 1 atom stereocenters. The molecule has 2 heterocycles. The molecular weight excluding hydrogens is 188 g/mol. The number of hydrogen-bond donors (Lipinski definition) is 1. The average molecular weight is 197 g/mol. The van der Waals surface area contributed by atoms with Crippen LogP contribution in [0.4, 0.5) is 0 Å². The van der Waals surface area contributed by atoms with Crippen LogP contribution in [0.15, 0.2) is 24.5 Å². The maximum absolute atomic E-state index is 9.40. The van der Waals surface area contributed by atoms with Crippen molar-refractivity contribution in [2.45, 2.75) is 13.0 Å². The Morgan fingerprint density at radius 1 is 1.54 bits per heavy atom. The van der Waals surface area contributed by atoms with Gasteiger partial charge in [-0.2, -0.15) is 0 Å². The van der Waals surface area contributed by atoms with E-state index in [1.54, 1.807) is 29.8 Å². The lowest BCUT2D eigenvalue weighted by atomic mass is 10.3. The summed E-state index contributed by atoms with van der Waals surface area (Å²) in [4.78, 5) is 4.13. The second-order valence-corrected chi connectivity index (χ2v) is 3.37. The van der Waals surface area contributed by atoms with Gasteiger partial charge in [0, 0.05) is 6.20 Å². The van der Waals surface area contributed by atoms with E-state index in [1.807, 2.05) is 6.07 Å². The Labute approximate surface area is 80.6 Å². The van der Waals surface area contributed by atoms with Crippen molar-refractivity contribution in [3.05, 3.63) is 35.2 Å². The van der Waals surface area contributed by atoms with Gasteiger partial charge in [0.15, 0.2) is 0 Å². The number of hydrogen-bond acceptors (Lipinski definition) is 2. The summed E-state index contributed by atoms with van der Waals surface area (Å²) in [5.41, 5.74) is 1.54. The number of fused-ring (bicyclic) bond motifs is 1. The molecule has 0 amide bonds. The van der Waals surface area contributed by atoms with Gasteiger partial charge in [0.2, 0.25) is 0 Å². The average Bonchev–Trinajstić information content (AvgIpc) is 2.46. The van der Waals surface area contributed by atoms with Crippen molar-refractivity contribution < 1.29 is 5.11 Å². The Morgan fingerprint density at radius 2 is 2.31 bits per heavy atom. The SMILES string of the molecule is CC(O)c1cnc2ccc(Cl)cn12. The monoisotopic (exact) mass is 196 g/mol. The van der Waals surface area contributed by atoms with E-state index in [1.165, 1.54) is 0 Å². The van der Waals surface area contributed by atoms with Crippen molar-refractivity contribution in [2.24, 2.45) is 0 Å². The summed E-state index contributed by atoms with van der Waals surface area (Å²) in [5.74, 6) is 0. The van der Waals surface area contributed by atoms with E-state index < -0.39 is 6.10 Å². The van der Waals surface area contributed by atoms with Gasteiger partial charge in [-0.05, 0) is 19.1 Å². The Hall–Kier alpha value is -1.06. The molecule has 0 saturated heterocycles. The molecule has 2 aromatic rings. The third-order valence-corrected chi connectivity index (χ3v) is 2.15. The molecule has 13 heavy (non-hydrogen) atoms. The summed E-state index contributed by atoms with van der Waals surface area (Å²) in [7, 11) is 0. The van der Waals surface area contributed by atoms with Crippen LogP contribution in [0.3, 0.4) is 0 Å².